The molecule has 6 nitrogen and oxygen atoms in total. The molecule has 0 aromatic heterocycles. The minimum atomic E-state index is -0.996. The highest BCUT2D eigenvalue weighted by molar-refractivity contribution is 5.47. The van der Waals surface area contributed by atoms with Crippen LogP contribution in [0.15, 0.2) is 60.7 Å². The first-order valence-corrected chi connectivity index (χ1v) is 26.1. The Morgan fingerprint density at radius 2 is 0.645 bits per heavy atom. The Balaban J connectivity index is 1.28. The van der Waals surface area contributed by atoms with Crippen molar-refractivity contribution in [2.75, 3.05) is 13.2 Å². The van der Waals surface area contributed by atoms with Crippen LogP contribution in [0.2, 0.25) is 0 Å². The second-order valence-electron chi connectivity index (χ2n) is 19.0. The van der Waals surface area contributed by atoms with Crippen LogP contribution in [0.5, 0.6) is 23.0 Å². The summed E-state index contributed by atoms with van der Waals surface area (Å²) >= 11 is 0. The maximum atomic E-state index is 11.1. The zero-order valence-corrected chi connectivity index (χ0v) is 40.1. The Morgan fingerprint density at radius 3 is 0.903 bits per heavy atom. The molecule has 0 saturated heterocycles. The third-order valence-electron chi connectivity index (χ3n) is 13.4. The first-order chi connectivity index (χ1) is 30.3. The van der Waals surface area contributed by atoms with Crippen LogP contribution in [0.25, 0.3) is 0 Å². The van der Waals surface area contributed by atoms with Gasteiger partial charge >= 0.3 is 0 Å². The summed E-state index contributed by atoms with van der Waals surface area (Å²) in [7, 11) is 0. The smallest absolute Gasteiger partial charge is 0.122 e. The number of ether oxygens (including phenoxy) is 2. The molecule has 0 aliphatic heterocycles. The number of allylic oxidation sites excluding steroid dienone is 2. The maximum Gasteiger partial charge on any atom is 0.122 e. The van der Waals surface area contributed by atoms with Gasteiger partial charge in [0.1, 0.15) is 23.0 Å². The Morgan fingerprint density at radius 1 is 0.387 bits per heavy atom. The molecule has 6 heteroatoms. The highest BCUT2D eigenvalue weighted by Crippen LogP contribution is 2.37. The van der Waals surface area contributed by atoms with Crippen LogP contribution in [-0.2, 0) is 12.8 Å². The van der Waals surface area contributed by atoms with Crippen LogP contribution < -0.4 is 20.9 Å². The van der Waals surface area contributed by atoms with E-state index in [1.54, 1.807) is 12.1 Å². The summed E-state index contributed by atoms with van der Waals surface area (Å²) in [6, 6.07) is 11.0. The van der Waals surface area contributed by atoms with E-state index in [2.05, 4.69) is 13.8 Å². The van der Waals surface area contributed by atoms with E-state index >= 15 is 0 Å². The van der Waals surface area contributed by atoms with Gasteiger partial charge in [0, 0.05) is 12.1 Å². The number of aromatic hydroxyl groups is 2. The van der Waals surface area contributed by atoms with Crippen molar-refractivity contribution in [2.45, 2.75) is 243 Å². The molecule has 6 N–H and O–H groups in total. The van der Waals surface area contributed by atoms with E-state index in [9.17, 15) is 10.2 Å². The summed E-state index contributed by atoms with van der Waals surface area (Å²) in [6.45, 7) is 5.86. The number of rotatable bonds is 40. The quantitative estimate of drug-likeness (QED) is 0.0497. The van der Waals surface area contributed by atoms with E-state index in [0.29, 0.717) is 48.7 Å². The molecule has 2 aromatic rings. The van der Waals surface area contributed by atoms with E-state index in [4.69, 9.17) is 20.9 Å². The van der Waals surface area contributed by atoms with Crippen molar-refractivity contribution in [3.63, 3.8) is 0 Å². The molecule has 1 aliphatic carbocycles. The molecule has 0 amide bonds. The summed E-state index contributed by atoms with van der Waals surface area (Å²) in [5, 5.41) is 22.1. The minimum absolute atomic E-state index is 0.151. The Hall–Kier alpha value is -2.96. The summed E-state index contributed by atoms with van der Waals surface area (Å²) < 4.78 is 12.0. The molecule has 3 rings (SSSR count). The average Bonchev–Trinajstić information content (AvgIpc) is 3.26. The fourth-order valence-electron chi connectivity index (χ4n) is 9.09. The van der Waals surface area contributed by atoms with Gasteiger partial charge in [-0.2, -0.15) is 0 Å². The second-order valence-corrected chi connectivity index (χ2v) is 19.0. The highest BCUT2D eigenvalue weighted by atomic mass is 16.5. The molecule has 2 atom stereocenters. The van der Waals surface area contributed by atoms with Crippen LogP contribution in [-0.4, -0.2) is 34.5 Å². The van der Waals surface area contributed by atoms with Gasteiger partial charge in [0.2, 0.25) is 0 Å². The van der Waals surface area contributed by atoms with Crippen molar-refractivity contribution in [1.29, 1.82) is 0 Å². The van der Waals surface area contributed by atoms with Crippen molar-refractivity contribution in [3.05, 3.63) is 71.8 Å². The SMILES string of the molecule is CCCCCCCCCCCCCCCCCCOc1ccc(CC2(N)C=CC=CC2(N)Cc2ccc(OCCCCCCCCCCCCCCCCCC)cc2O)c(O)c1. The van der Waals surface area contributed by atoms with Crippen LogP contribution in [0.1, 0.15) is 230 Å². The van der Waals surface area contributed by atoms with E-state index < -0.39 is 11.1 Å². The monoisotopic (exact) mass is 859 g/mol. The van der Waals surface area contributed by atoms with Crippen LogP contribution >= 0.6 is 0 Å². The van der Waals surface area contributed by atoms with E-state index in [0.717, 1.165) is 12.8 Å². The fourth-order valence-corrected chi connectivity index (χ4v) is 9.09. The number of unbranched alkanes of at least 4 members (excludes halogenated alkanes) is 30. The Kier molecular flexibility index (Phi) is 28.9. The van der Waals surface area contributed by atoms with Crippen LogP contribution in [0.3, 0.4) is 0 Å². The van der Waals surface area contributed by atoms with Crippen molar-refractivity contribution in [2.24, 2.45) is 11.5 Å². The van der Waals surface area contributed by atoms with Gasteiger partial charge in [-0.25, -0.2) is 0 Å². The Labute approximate surface area is 381 Å². The normalized spacial score (nSPS) is 17.2. The average molecular weight is 859 g/mol. The van der Waals surface area contributed by atoms with Crippen molar-refractivity contribution >= 4 is 0 Å². The molecule has 0 radical (unpaired) electrons. The van der Waals surface area contributed by atoms with Gasteiger partial charge in [0.25, 0.3) is 0 Å². The lowest BCUT2D eigenvalue weighted by Gasteiger charge is -2.44. The topological polar surface area (TPSA) is 111 Å². The lowest BCUT2D eigenvalue weighted by atomic mass is 9.68. The van der Waals surface area contributed by atoms with Gasteiger partial charge in [-0.15, -0.1) is 0 Å². The maximum absolute atomic E-state index is 11.1. The van der Waals surface area contributed by atoms with E-state index in [1.807, 2.05) is 48.6 Å². The van der Waals surface area contributed by atoms with Gasteiger partial charge in [0.05, 0.1) is 24.3 Å². The van der Waals surface area contributed by atoms with E-state index in [1.165, 1.54) is 193 Å². The number of benzene rings is 2. The third kappa shape index (κ3) is 22.6. The summed E-state index contributed by atoms with van der Waals surface area (Å²) in [5.74, 6) is 1.63. The zero-order chi connectivity index (χ0) is 44.4. The van der Waals surface area contributed by atoms with Gasteiger partial charge in [0.15, 0.2) is 0 Å². The molecule has 0 heterocycles. The molecule has 0 spiro atoms. The minimum Gasteiger partial charge on any atom is -0.508 e. The molecule has 62 heavy (non-hydrogen) atoms. The van der Waals surface area contributed by atoms with Gasteiger partial charge in [-0.05, 0) is 48.9 Å². The lowest BCUT2D eigenvalue weighted by molar-refractivity contribution is 0.299. The second kappa shape index (κ2) is 33.5. The van der Waals surface area contributed by atoms with Crippen molar-refractivity contribution in [3.8, 4) is 23.0 Å². The number of phenols is 2. The third-order valence-corrected chi connectivity index (χ3v) is 13.4. The number of hydrogen-bond acceptors (Lipinski definition) is 6. The molecule has 0 bridgehead atoms. The molecular weight excluding hydrogens is 765 g/mol. The molecule has 352 valence electrons. The molecule has 1 aliphatic rings. The first-order valence-electron chi connectivity index (χ1n) is 26.1. The van der Waals surface area contributed by atoms with Crippen LogP contribution in [0, 0.1) is 0 Å². The number of hydrogen-bond donors (Lipinski definition) is 4. The van der Waals surface area contributed by atoms with E-state index in [-0.39, 0.29) is 11.5 Å². The molecule has 0 fully saturated rings. The highest BCUT2D eigenvalue weighted by Gasteiger charge is 2.44. The molecule has 2 aromatic carbocycles. The summed E-state index contributed by atoms with van der Waals surface area (Å²) in [4.78, 5) is 0. The Bertz CT molecular complexity index is 1360. The summed E-state index contributed by atoms with van der Waals surface area (Å²) in [5.41, 5.74) is 13.6. The predicted molar refractivity (Wildman–Crippen MR) is 266 cm³/mol. The predicted octanol–water partition coefficient (Wildman–Crippen LogP) is 15.7. The van der Waals surface area contributed by atoms with Crippen molar-refractivity contribution < 1.29 is 19.7 Å². The van der Waals surface area contributed by atoms with Crippen LogP contribution in [0.4, 0.5) is 0 Å². The molecule has 2 unspecified atom stereocenters. The first kappa shape index (κ1) is 53.4. The lowest BCUT2D eigenvalue weighted by Crippen LogP contribution is -2.66. The molecular formula is C56H94N2O4. The van der Waals surface area contributed by atoms with Gasteiger partial charge < -0.3 is 31.2 Å². The number of nitrogens with two attached hydrogens (primary N) is 2. The standard InChI is InChI=1S/C56H94N2O4/c1-3-5-7-9-11-13-15-17-19-21-23-25-27-29-31-35-43-61-51-39-37-49(53(59)45-51)47-55(57)41-33-34-42-56(55,58)48-50-38-40-52(46-54(50)60)62-44-36-32-30-28-26-24-22-20-18-16-14-12-10-8-6-4-2/h33-34,37-42,45-46,59-60H,3-32,35-36,43-44,47-48,57-58H2,1-2H3. The molecule has 0 saturated carbocycles. The van der Waals surface area contributed by atoms with Gasteiger partial charge in [-0.1, -0.05) is 243 Å². The zero-order valence-electron chi connectivity index (χ0n) is 40.1. The number of phenolic OH excluding ortho intramolecular Hbond substituents is 2. The van der Waals surface area contributed by atoms with Gasteiger partial charge in [-0.3, -0.25) is 0 Å². The summed E-state index contributed by atoms with van der Waals surface area (Å²) in [6.07, 6.45) is 51.3. The van der Waals surface area contributed by atoms with Crippen molar-refractivity contribution in [1.82, 2.24) is 0 Å². The largest absolute Gasteiger partial charge is 0.508 e. The fraction of sp³-hybridized carbons (Fsp3) is 0.714.